The van der Waals surface area contributed by atoms with Gasteiger partial charge in [0.05, 0.1) is 0 Å². The van der Waals surface area contributed by atoms with E-state index in [2.05, 4.69) is 47.2 Å². The Morgan fingerprint density at radius 3 is 2.65 bits per heavy atom. The molecule has 2 atom stereocenters. The van der Waals surface area contributed by atoms with Gasteiger partial charge >= 0.3 is 0 Å². The van der Waals surface area contributed by atoms with Gasteiger partial charge in [-0.2, -0.15) is 0 Å². The second kappa shape index (κ2) is 6.40. The molecule has 1 aromatic carbocycles. The summed E-state index contributed by atoms with van der Waals surface area (Å²) in [5, 5.41) is 0. The lowest BCUT2D eigenvalue weighted by Crippen LogP contribution is -2.59. The molecule has 3 heteroatoms. The van der Waals surface area contributed by atoms with Crippen LogP contribution in [0, 0.1) is 0 Å². The van der Waals surface area contributed by atoms with Crippen molar-refractivity contribution in [2.75, 3.05) is 30.8 Å². The predicted octanol–water partition coefficient (Wildman–Crippen LogP) is 3.86. The van der Waals surface area contributed by atoms with Crippen LogP contribution in [-0.4, -0.2) is 42.9 Å². The monoisotopic (exact) mass is 290 g/mol. The minimum atomic E-state index is 0.685. The van der Waals surface area contributed by atoms with Crippen molar-refractivity contribution in [2.24, 2.45) is 0 Å². The summed E-state index contributed by atoms with van der Waals surface area (Å²) in [6, 6.07) is 10.6. The molecule has 0 amide bonds. The number of benzene rings is 1. The second-order valence-electron chi connectivity index (χ2n) is 6.06. The molecule has 2 unspecified atom stereocenters. The van der Waals surface area contributed by atoms with E-state index < -0.39 is 0 Å². The zero-order valence-corrected chi connectivity index (χ0v) is 13.5. The number of fused-ring (bicyclic) bond motifs is 1. The van der Waals surface area contributed by atoms with Crippen molar-refractivity contribution in [3.63, 3.8) is 0 Å². The highest BCUT2D eigenvalue weighted by molar-refractivity contribution is 7.98. The summed E-state index contributed by atoms with van der Waals surface area (Å²) in [6.45, 7) is 6.13. The van der Waals surface area contributed by atoms with Gasteiger partial charge in [-0.15, -0.1) is 11.8 Å². The Hall–Kier alpha value is -0.670. The summed E-state index contributed by atoms with van der Waals surface area (Å²) in [6.07, 6.45) is 7.58. The van der Waals surface area contributed by atoms with Crippen molar-refractivity contribution in [3.8, 4) is 0 Å². The number of hydrogen-bond donors (Lipinski definition) is 0. The molecular formula is C17H26N2S. The van der Waals surface area contributed by atoms with E-state index in [0.29, 0.717) is 6.04 Å². The first-order valence-corrected chi connectivity index (χ1v) is 9.19. The molecule has 0 N–H and O–H groups in total. The standard InChI is InChI=1S/C17H26N2S/c1-3-14-12-18-11-5-4-6-16(18)13-19(14)15-7-9-17(20-2)10-8-15/h7-10,14,16H,3-6,11-13H2,1-2H3. The molecule has 20 heavy (non-hydrogen) atoms. The molecule has 0 spiro atoms. The predicted molar refractivity (Wildman–Crippen MR) is 88.9 cm³/mol. The zero-order chi connectivity index (χ0) is 13.9. The lowest BCUT2D eigenvalue weighted by Gasteiger charge is -2.49. The highest BCUT2D eigenvalue weighted by Crippen LogP contribution is 2.30. The molecule has 0 aromatic heterocycles. The first kappa shape index (κ1) is 14.3. The van der Waals surface area contributed by atoms with Gasteiger partial charge in [-0.25, -0.2) is 0 Å². The van der Waals surface area contributed by atoms with E-state index in [1.165, 1.54) is 55.9 Å². The fourth-order valence-corrected chi connectivity index (χ4v) is 4.10. The van der Waals surface area contributed by atoms with Gasteiger partial charge in [0, 0.05) is 35.8 Å². The number of anilines is 1. The maximum Gasteiger partial charge on any atom is 0.0415 e. The molecule has 0 aliphatic carbocycles. The van der Waals surface area contributed by atoms with Crippen molar-refractivity contribution in [3.05, 3.63) is 24.3 Å². The third kappa shape index (κ3) is 2.84. The third-order valence-electron chi connectivity index (χ3n) is 4.92. The molecule has 3 rings (SSSR count). The van der Waals surface area contributed by atoms with E-state index in [9.17, 15) is 0 Å². The molecular weight excluding hydrogens is 264 g/mol. The van der Waals surface area contributed by atoms with Crippen LogP contribution in [0.5, 0.6) is 0 Å². The number of piperidine rings is 1. The van der Waals surface area contributed by atoms with Crippen molar-refractivity contribution in [1.29, 1.82) is 0 Å². The van der Waals surface area contributed by atoms with Gasteiger partial charge in [0.2, 0.25) is 0 Å². The van der Waals surface area contributed by atoms with Crippen molar-refractivity contribution in [2.45, 2.75) is 49.6 Å². The third-order valence-corrected chi connectivity index (χ3v) is 5.66. The molecule has 2 fully saturated rings. The fraction of sp³-hybridized carbons (Fsp3) is 0.647. The van der Waals surface area contributed by atoms with Crippen LogP contribution in [-0.2, 0) is 0 Å². The van der Waals surface area contributed by atoms with Crippen LogP contribution in [0.15, 0.2) is 29.2 Å². The molecule has 2 heterocycles. The number of thioether (sulfide) groups is 1. The fourth-order valence-electron chi connectivity index (χ4n) is 3.69. The number of nitrogens with zero attached hydrogens (tertiary/aromatic N) is 2. The van der Waals surface area contributed by atoms with Crippen LogP contribution in [0.3, 0.4) is 0 Å². The van der Waals surface area contributed by atoms with Gasteiger partial charge in [-0.1, -0.05) is 13.3 Å². The lowest BCUT2D eigenvalue weighted by atomic mass is 9.95. The molecule has 2 nitrogen and oxygen atoms in total. The number of hydrogen-bond acceptors (Lipinski definition) is 3. The summed E-state index contributed by atoms with van der Waals surface area (Å²) in [5.74, 6) is 0. The highest BCUT2D eigenvalue weighted by atomic mass is 32.2. The van der Waals surface area contributed by atoms with Crippen LogP contribution in [0.1, 0.15) is 32.6 Å². The lowest BCUT2D eigenvalue weighted by molar-refractivity contribution is 0.111. The molecule has 2 aliphatic rings. The van der Waals surface area contributed by atoms with Gasteiger partial charge in [0.25, 0.3) is 0 Å². The quantitative estimate of drug-likeness (QED) is 0.781. The molecule has 0 saturated carbocycles. The van der Waals surface area contributed by atoms with Crippen LogP contribution >= 0.6 is 11.8 Å². The van der Waals surface area contributed by atoms with Gasteiger partial charge < -0.3 is 4.90 Å². The normalized spacial score (nSPS) is 27.4. The Balaban J connectivity index is 1.78. The topological polar surface area (TPSA) is 6.48 Å². The maximum absolute atomic E-state index is 2.74. The van der Waals surface area contributed by atoms with Gasteiger partial charge in [0.15, 0.2) is 0 Å². The largest absolute Gasteiger partial charge is 0.366 e. The SMILES string of the molecule is CCC1CN2CCCCC2CN1c1ccc(SC)cc1. The van der Waals surface area contributed by atoms with Crippen molar-refractivity contribution in [1.82, 2.24) is 4.90 Å². The average molecular weight is 290 g/mol. The highest BCUT2D eigenvalue weighted by Gasteiger charge is 2.34. The minimum absolute atomic E-state index is 0.685. The summed E-state index contributed by atoms with van der Waals surface area (Å²) in [4.78, 5) is 6.76. The van der Waals surface area contributed by atoms with E-state index in [1.54, 1.807) is 0 Å². The summed E-state index contributed by atoms with van der Waals surface area (Å²) >= 11 is 1.82. The van der Waals surface area contributed by atoms with Crippen LogP contribution < -0.4 is 4.90 Å². The van der Waals surface area contributed by atoms with Crippen LogP contribution in [0.2, 0.25) is 0 Å². The van der Waals surface area contributed by atoms with E-state index in [1.807, 2.05) is 11.8 Å². The van der Waals surface area contributed by atoms with Gasteiger partial charge in [-0.3, -0.25) is 4.90 Å². The first-order valence-electron chi connectivity index (χ1n) is 7.96. The summed E-state index contributed by atoms with van der Waals surface area (Å²) < 4.78 is 0. The van der Waals surface area contributed by atoms with E-state index in [-0.39, 0.29) is 0 Å². The minimum Gasteiger partial charge on any atom is -0.366 e. The molecule has 110 valence electrons. The first-order chi connectivity index (χ1) is 9.81. The number of piperazine rings is 1. The van der Waals surface area contributed by atoms with Crippen LogP contribution in [0.4, 0.5) is 5.69 Å². The Labute approximate surface area is 127 Å². The van der Waals surface area contributed by atoms with E-state index in [4.69, 9.17) is 0 Å². The Morgan fingerprint density at radius 2 is 1.95 bits per heavy atom. The van der Waals surface area contributed by atoms with Gasteiger partial charge in [0.1, 0.15) is 0 Å². The summed E-state index contributed by atoms with van der Waals surface area (Å²) in [7, 11) is 0. The molecule has 0 bridgehead atoms. The average Bonchev–Trinajstić information content (AvgIpc) is 2.53. The molecule has 2 aliphatic heterocycles. The van der Waals surface area contributed by atoms with E-state index in [0.717, 1.165) is 6.04 Å². The number of rotatable bonds is 3. The van der Waals surface area contributed by atoms with E-state index >= 15 is 0 Å². The Morgan fingerprint density at radius 1 is 1.15 bits per heavy atom. The van der Waals surface area contributed by atoms with Crippen molar-refractivity contribution >= 4 is 17.4 Å². The zero-order valence-electron chi connectivity index (χ0n) is 12.7. The van der Waals surface area contributed by atoms with Crippen molar-refractivity contribution < 1.29 is 0 Å². The molecule has 2 saturated heterocycles. The molecule has 1 aromatic rings. The van der Waals surface area contributed by atoms with Crippen LogP contribution in [0.25, 0.3) is 0 Å². The maximum atomic E-state index is 2.74. The molecule has 0 radical (unpaired) electrons. The Bertz CT molecular complexity index is 431. The summed E-state index contributed by atoms with van der Waals surface area (Å²) in [5.41, 5.74) is 1.42. The Kier molecular flexibility index (Phi) is 4.57. The second-order valence-corrected chi connectivity index (χ2v) is 6.94. The smallest absolute Gasteiger partial charge is 0.0415 e. The van der Waals surface area contributed by atoms with Gasteiger partial charge in [-0.05, 0) is 56.3 Å².